The highest BCUT2D eigenvalue weighted by Crippen LogP contribution is 2.30. The summed E-state index contributed by atoms with van der Waals surface area (Å²) in [6.07, 6.45) is 1.91. The van der Waals surface area contributed by atoms with E-state index >= 15 is 0 Å². The molecule has 0 radical (unpaired) electrons. The number of nitrogens with zero attached hydrogens (tertiary/aromatic N) is 1. The third kappa shape index (κ3) is 4.64. The Morgan fingerprint density at radius 3 is 2.48 bits per heavy atom. The fraction of sp³-hybridized carbons (Fsp3) is 0.333. The number of alkyl halides is 2. The highest BCUT2D eigenvalue weighted by Gasteiger charge is 2.24. The number of amides is 2. The van der Waals surface area contributed by atoms with Crippen molar-refractivity contribution in [3.8, 4) is 11.5 Å². The lowest BCUT2D eigenvalue weighted by atomic mass is 10.0. The molecule has 0 aromatic heterocycles. The van der Waals surface area contributed by atoms with E-state index in [0.29, 0.717) is 24.3 Å². The summed E-state index contributed by atoms with van der Waals surface area (Å²) in [5, 5.41) is 2.72. The van der Waals surface area contributed by atoms with Crippen LogP contribution in [0.4, 0.5) is 14.5 Å². The largest absolute Gasteiger partial charge is 0.493 e. The van der Waals surface area contributed by atoms with Gasteiger partial charge in [-0.2, -0.15) is 8.78 Å². The Kier molecular flexibility index (Phi) is 6.31. The number of carbonyl (C=O) groups excluding carboxylic acids is 2. The van der Waals surface area contributed by atoms with E-state index in [1.807, 2.05) is 0 Å². The molecule has 6 nitrogen and oxygen atoms in total. The van der Waals surface area contributed by atoms with Crippen molar-refractivity contribution in [1.29, 1.82) is 0 Å². The SMILES string of the molecule is COc1ccc(C(=O)Nc2cccc(C)c2C(=O)N2CCCC2)cc1OC(F)F. The number of aryl methyl sites for hydroxylation is 1. The molecule has 1 saturated heterocycles. The van der Waals surface area contributed by atoms with E-state index in [9.17, 15) is 18.4 Å². The molecule has 1 aliphatic rings. The topological polar surface area (TPSA) is 67.9 Å². The predicted molar refractivity (Wildman–Crippen MR) is 104 cm³/mol. The smallest absolute Gasteiger partial charge is 0.387 e. The Morgan fingerprint density at radius 1 is 1.10 bits per heavy atom. The molecule has 0 saturated carbocycles. The monoisotopic (exact) mass is 404 g/mol. The summed E-state index contributed by atoms with van der Waals surface area (Å²) in [5.41, 5.74) is 1.65. The van der Waals surface area contributed by atoms with Crippen LogP contribution in [0, 0.1) is 6.92 Å². The predicted octanol–water partition coefficient (Wildman–Crippen LogP) is 4.09. The summed E-state index contributed by atoms with van der Waals surface area (Å²) in [4.78, 5) is 27.4. The zero-order valence-electron chi connectivity index (χ0n) is 16.2. The van der Waals surface area contributed by atoms with Crippen molar-refractivity contribution in [2.45, 2.75) is 26.4 Å². The number of likely N-dealkylation sites (tertiary alicyclic amines) is 1. The Balaban J connectivity index is 1.88. The highest BCUT2D eigenvalue weighted by atomic mass is 19.3. The van der Waals surface area contributed by atoms with E-state index in [-0.39, 0.29) is 23.0 Å². The van der Waals surface area contributed by atoms with Gasteiger partial charge in [-0.3, -0.25) is 9.59 Å². The number of hydrogen-bond donors (Lipinski definition) is 1. The third-order valence-electron chi connectivity index (χ3n) is 4.77. The highest BCUT2D eigenvalue weighted by molar-refractivity contribution is 6.09. The number of nitrogens with one attached hydrogen (secondary N) is 1. The third-order valence-corrected chi connectivity index (χ3v) is 4.77. The van der Waals surface area contributed by atoms with Gasteiger partial charge >= 0.3 is 6.61 Å². The number of halogens is 2. The number of carbonyl (C=O) groups is 2. The van der Waals surface area contributed by atoms with Gasteiger partial charge in [0.15, 0.2) is 11.5 Å². The Morgan fingerprint density at radius 2 is 1.83 bits per heavy atom. The van der Waals surface area contributed by atoms with Gasteiger partial charge in [-0.15, -0.1) is 0 Å². The maximum Gasteiger partial charge on any atom is 0.387 e. The molecule has 0 spiro atoms. The zero-order chi connectivity index (χ0) is 21.0. The van der Waals surface area contributed by atoms with Crippen LogP contribution < -0.4 is 14.8 Å². The van der Waals surface area contributed by atoms with Gasteiger partial charge in [0.1, 0.15) is 0 Å². The van der Waals surface area contributed by atoms with Crippen LogP contribution in [0.2, 0.25) is 0 Å². The van der Waals surface area contributed by atoms with E-state index in [1.165, 1.54) is 25.3 Å². The van der Waals surface area contributed by atoms with Crippen molar-refractivity contribution >= 4 is 17.5 Å². The van der Waals surface area contributed by atoms with Crippen LogP contribution in [0.25, 0.3) is 0 Å². The molecule has 2 aromatic rings. The Bertz CT molecular complexity index is 912. The van der Waals surface area contributed by atoms with E-state index in [2.05, 4.69) is 10.1 Å². The Labute approximate surface area is 167 Å². The van der Waals surface area contributed by atoms with Crippen LogP contribution in [0.15, 0.2) is 36.4 Å². The number of benzene rings is 2. The van der Waals surface area contributed by atoms with Crippen molar-refractivity contribution in [2.24, 2.45) is 0 Å². The first-order chi connectivity index (χ1) is 13.9. The van der Waals surface area contributed by atoms with Crippen LogP contribution >= 0.6 is 0 Å². The normalized spacial score (nSPS) is 13.5. The van der Waals surface area contributed by atoms with E-state index in [0.717, 1.165) is 18.4 Å². The molecule has 1 aliphatic heterocycles. The second kappa shape index (κ2) is 8.89. The molecule has 0 bridgehead atoms. The van der Waals surface area contributed by atoms with E-state index < -0.39 is 12.5 Å². The zero-order valence-corrected chi connectivity index (χ0v) is 16.2. The first-order valence-electron chi connectivity index (χ1n) is 9.23. The van der Waals surface area contributed by atoms with Crippen molar-refractivity contribution in [3.05, 3.63) is 53.1 Å². The molecule has 154 valence electrons. The minimum absolute atomic E-state index is 0.0855. The van der Waals surface area contributed by atoms with Crippen molar-refractivity contribution < 1.29 is 27.8 Å². The van der Waals surface area contributed by atoms with Gasteiger partial charge in [-0.05, 0) is 49.6 Å². The molecule has 1 N–H and O–H groups in total. The van der Waals surface area contributed by atoms with Gasteiger partial charge in [0, 0.05) is 18.7 Å². The molecular weight excluding hydrogens is 382 g/mol. The molecule has 2 aromatic carbocycles. The molecule has 8 heteroatoms. The summed E-state index contributed by atoms with van der Waals surface area (Å²) in [7, 11) is 1.32. The first-order valence-corrected chi connectivity index (χ1v) is 9.23. The lowest BCUT2D eigenvalue weighted by Gasteiger charge is -2.20. The van der Waals surface area contributed by atoms with Gasteiger partial charge in [-0.1, -0.05) is 12.1 Å². The fourth-order valence-corrected chi connectivity index (χ4v) is 3.33. The van der Waals surface area contributed by atoms with Gasteiger partial charge in [0.25, 0.3) is 11.8 Å². The summed E-state index contributed by atoms with van der Waals surface area (Å²) in [6.45, 7) is 0.130. The summed E-state index contributed by atoms with van der Waals surface area (Å²) in [5.74, 6) is -0.838. The molecule has 0 aliphatic carbocycles. The van der Waals surface area contributed by atoms with Crippen LogP contribution in [-0.4, -0.2) is 43.5 Å². The molecule has 1 heterocycles. The first kappa shape index (κ1) is 20.6. The van der Waals surface area contributed by atoms with Gasteiger partial charge in [-0.25, -0.2) is 0 Å². The molecule has 0 unspecified atom stereocenters. The lowest BCUT2D eigenvalue weighted by molar-refractivity contribution is -0.0512. The molecule has 0 atom stereocenters. The minimum atomic E-state index is -3.05. The Hall–Kier alpha value is -3.16. The quantitative estimate of drug-likeness (QED) is 0.787. The maximum atomic E-state index is 12.9. The van der Waals surface area contributed by atoms with Crippen LogP contribution in [-0.2, 0) is 0 Å². The van der Waals surface area contributed by atoms with E-state index in [4.69, 9.17) is 4.74 Å². The number of ether oxygens (including phenoxy) is 2. The molecule has 2 amide bonds. The number of methoxy groups -OCH3 is 1. The van der Waals surface area contributed by atoms with Crippen LogP contribution in [0.5, 0.6) is 11.5 Å². The molecule has 3 rings (SSSR count). The average Bonchev–Trinajstić information content (AvgIpc) is 3.22. The van der Waals surface area contributed by atoms with Crippen LogP contribution in [0.3, 0.4) is 0 Å². The number of hydrogen-bond acceptors (Lipinski definition) is 4. The van der Waals surface area contributed by atoms with Gasteiger partial charge in [0.05, 0.1) is 18.4 Å². The average molecular weight is 404 g/mol. The van der Waals surface area contributed by atoms with E-state index in [1.54, 1.807) is 30.0 Å². The number of anilines is 1. The van der Waals surface area contributed by atoms with Crippen molar-refractivity contribution in [2.75, 3.05) is 25.5 Å². The minimum Gasteiger partial charge on any atom is -0.493 e. The van der Waals surface area contributed by atoms with Gasteiger partial charge < -0.3 is 19.7 Å². The standard InChI is InChI=1S/C21H22F2N2O4/c1-13-6-5-7-15(18(13)20(27)25-10-3-4-11-25)24-19(26)14-8-9-16(28-2)17(12-14)29-21(22)23/h5-9,12,21H,3-4,10-11H2,1-2H3,(H,24,26). The van der Waals surface area contributed by atoms with Crippen molar-refractivity contribution in [1.82, 2.24) is 4.90 Å². The molecule has 29 heavy (non-hydrogen) atoms. The molecular formula is C21H22F2N2O4. The number of rotatable bonds is 6. The lowest BCUT2D eigenvalue weighted by Crippen LogP contribution is -2.29. The second-order valence-corrected chi connectivity index (χ2v) is 6.70. The summed E-state index contributed by atoms with van der Waals surface area (Å²) < 4.78 is 34.7. The summed E-state index contributed by atoms with van der Waals surface area (Å²) >= 11 is 0. The second-order valence-electron chi connectivity index (χ2n) is 6.70. The summed E-state index contributed by atoms with van der Waals surface area (Å²) in [6, 6.07) is 9.18. The van der Waals surface area contributed by atoms with Gasteiger partial charge in [0.2, 0.25) is 0 Å². The fourth-order valence-electron chi connectivity index (χ4n) is 3.33. The van der Waals surface area contributed by atoms with Crippen LogP contribution in [0.1, 0.15) is 39.1 Å². The van der Waals surface area contributed by atoms with Crippen molar-refractivity contribution in [3.63, 3.8) is 0 Å². The maximum absolute atomic E-state index is 12.9. The molecule has 1 fully saturated rings.